The van der Waals surface area contributed by atoms with Crippen molar-refractivity contribution in [1.29, 1.82) is 0 Å². The molecule has 5 heteroatoms. The molecule has 4 rings (SSSR count). The lowest BCUT2D eigenvalue weighted by Gasteiger charge is -2.17. The van der Waals surface area contributed by atoms with Crippen molar-refractivity contribution in [3.8, 4) is 0 Å². The largest absolute Gasteiger partial charge is 0.464 e. The van der Waals surface area contributed by atoms with Crippen LogP contribution in [0.3, 0.4) is 0 Å². The molecule has 0 atom stereocenters. The lowest BCUT2D eigenvalue weighted by atomic mass is 9.86. The number of carbonyl (C=O) groups is 1. The van der Waals surface area contributed by atoms with E-state index in [-0.39, 0.29) is 17.7 Å². The van der Waals surface area contributed by atoms with Crippen LogP contribution in [-0.4, -0.2) is 23.9 Å². The summed E-state index contributed by atoms with van der Waals surface area (Å²) in [5.74, 6) is 0.00187. The Labute approximate surface area is 157 Å². The third-order valence-electron chi connectivity index (χ3n) is 5.58. The molecule has 3 aromatic rings. The molecule has 0 aliphatic carbocycles. The van der Waals surface area contributed by atoms with Gasteiger partial charge in [0.05, 0.1) is 18.2 Å². The molecular formula is C22H25NO4. The molecule has 1 aliphatic rings. The molecule has 142 valence electrons. The summed E-state index contributed by atoms with van der Waals surface area (Å²) in [6.45, 7) is 9.87. The van der Waals surface area contributed by atoms with E-state index in [1.54, 1.807) is 12.3 Å². The summed E-state index contributed by atoms with van der Waals surface area (Å²) in [5, 5.41) is 1.88. The summed E-state index contributed by atoms with van der Waals surface area (Å²) in [6, 6.07) is 3.80. The van der Waals surface area contributed by atoms with Crippen molar-refractivity contribution in [3.63, 3.8) is 0 Å². The van der Waals surface area contributed by atoms with Gasteiger partial charge < -0.3 is 13.7 Å². The average molecular weight is 367 g/mol. The summed E-state index contributed by atoms with van der Waals surface area (Å²) >= 11 is 0. The maximum absolute atomic E-state index is 12.5. The minimum Gasteiger partial charge on any atom is -0.464 e. The van der Waals surface area contributed by atoms with Crippen molar-refractivity contribution in [3.05, 3.63) is 45.5 Å². The second kappa shape index (κ2) is 6.25. The Balaban J connectivity index is 1.84. The Morgan fingerprint density at radius 1 is 1.11 bits per heavy atom. The highest BCUT2D eigenvalue weighted by atomic mass is 16.4. The number of carbonyl (C=O) groups excluding carboxylic acids is 1. The highest BCUT2D eigenvalue weighted by Crippen LogP contribution is 2.35. The lowest BCUT2D eigenvalue weighted by Crippen LogP contribution is -2.31. The number of fused-ring (bicyclic) bond motifs is 2. The van der Waals surface area contributed by atoms with Crippen LogP contribution in [-0.2, 0) is 16.6 Å². The average Bonchev–Trinajstić information content (AvgIpc) is 3.25. The highest BCUT2D eigenvalue weighted by molar-refractivity contribution is 5.97. The van der Waals surface area contributed by atoms with Crippen LogP contribution < -0.4 is 5.63 Å². The van der Waals surface area contributed by atoms with Crippen molar-refractivity contribution in [2.45, 2.75) is 52.4 Å². The van der Waals surface area contributed by atoms with Gasteiger partial charge >= 0.3 is 5.63 Å². The molecule has 1 aliphatic heterocycles. The maximum Gasteiger partial charge on any atom is 0.340 e. The molecule has 0 spiro atoms. The van der Waals surface area contributed by atoms with E-state index in [2.05, 4.69) is 20.8 Å². The molecule has 5 nitrogen and oxygen atoms in total. The number of benzene rings is 1. The number of furan rings is 1. The molecule has 3 heterocycles. The molecule has 1 amide bonds. The summed E-state index contributed by atoms with van der Waals surface area (Å²) in [4.78, 5) is 26.9. The van der Waals surface area contributed by atoms with Gasteiger partial charge in [-0.25, -0.2) is 4.79 Å². The molecule has 1 aromatic carbocycles. The molecule has 2 aromatic heterocycles. The van der Waals surface area contributed by atoms with E-state index in [1.165, 1.54) is 0 Å². The van der Waals surface area contributed by atoms with Gasteiger partial charge in [0.15, 0.2) is 0 Å². The van der Waals surface area contributed by atoms with Crippen LogP contribution in [0.2, 0.25) is 0 Å². The molecular weight excluding hydrogens is 342 g/mol. The van der Waals surface area contributed by atoms with Gasteiger partial charge in [0.25, 0.3) is 0 Å². The quantitative estimate of drug-likeness (QED) is 0.633. The number of hydrogen-bond acceptors (Lipinski definition) is 4. The fourth-order valence-electron chi connectivity index (χ4n) is 3.92. The minimum atomic E-state index is -0.436. The highest BCUT2D eigenvalue weighted by Gasteiger charge is 2.24. The van der Waals surface area contributed by atoms with E-state index < -0.39 is 5.63 Å². The maximum atomic E-state index is 12.5. The second-order valence-corrected chi connectivity index (χ2v) is 8.50. The van der Waals surface area contributed by atoms with E-state index in [4.69, 9.17) is 8.83 Å². The number of nitrogens with zero attached hydrogens (tertiary/aromatic N) is 1. The normalized spacial score (nSPS) is 15.2. The van der Waals surface area contributed by atoms with E-state index >= 15 is 0 Å². The molecule has 0 N–H and O–H groups in total. The third-order valence-corrected chi connectivity index (χ3v) is 5.58. The van der Waals surface area contributed by atoms with Crippen LogP contribution in [0, 0.1) is 6.92 Å². The van der Waals surface area contributed by atoms with E-state index in [0.717, 1.165) is 47.8 Å². The SMILES string of the molecule is Cc1c(CC(=O)N2CCCC2)c(=O)oc2cc3occ(C(C)(C)C)c3cc12. The van der Waals surface area contributed by atoms with Gasteiger partial charge in [-0.3, -0.25) is 4.79 Å². The molecule has 0 radical (unpaired) electrons. The topological polar surface area (TPSA) is 63.7 Å². The van der Waals surface area contributed by atoms with E-state index in [9.17, 15) is 9.59 Å². The van der Waals surface area contributed by atoms with Gasteiger partial charge in [-0.1, -0.05) is 20.8 Å². The zero-order chi connectivity index (χ0) is 19.3. The molecule has 27 heavy (non-hydrogen) atoms. The first-order valence-electron chi connectivity index (χ1n) is 9.51. The Kier molecular flexibility index (Phi) is 4.13. The number of rotatable bonds is 2. The van der Waals surface area contributed by atoms with Crippen LogP contribution >= 0.6 is 0 Å². The van der Waals surface area contributed by atoms with Crippen molar-refractivity contribution in [1.82, 2.24) is 4.90 Å². The number of aryl methyl sites for hydroxylation is 1. The van der Waals surface area contributed by atoms with Gasteiger partial charge in [-0.15, -0.1) is 0 Å². The van der Waals surface area contributed by atoms with Crippen molar-refractivity contribution < 1.29 is 13.6 Å². The van der Waals surface area contributed by atoms with Crippen LogP contribution in [0.25, 0.3) is 21.9 Å². The first kappa shape index (κ1) is 17.8. The minimum absolute atomic E-state index is 0.00187. The van der Waals surface area contributed by atoms with Crippen LogP contribution in [0.4, 0.5) is 0 Å². The van der Waals surface area contributed by atoms with Crippen molar-refractivity contribution in [2.75, 3.05) is 13.1 Å². The first-order chi connectivity index (χ1) is 12.8. The van der Waals surface area contributed by atoms with Gasteiger partial charge in [0.1, 0.15) is 11.2 Å². The zero-order valence-electron chi connectivity index (χ0n) is 16.3. The summed E-state index contributed by atoms with van der Waals surface area (Å²) in [5.41, 5.74) is 3.09. The Hall–Kier alpha value is -2.56. The standard InChI is InChI=1S/C22H25NO4/c1-13-14-9-16-17(22(2,3)4)12-26-18(16)11-19(14)27-21(25)15(13)10-20(24)23-7-5-6-8-23/h9,11-12H,5-8,10H2,1-4H3. The zero-order valence-corrected chi connectivity index (χ0v) is 16.3. The van der Waals surface area contributed by atoms with Gasteiger partial charge in [-0.2, -0.15) is 0 Å². The summed E-state index contributed by atoms with van der Waals surface area (Å²) in [7, 11) is 0. The summed E-state index contributed by atoms with van der Waals surface area (Å²) in [6.07, 6.45) is 3.94. The molecule has 0 saturated carbocycles. The Morgan fingerprint density at radius 3 is 2.48 bits per heavy atom. The number of likely N-dealkylation sites (tertiary alicyclic amines) is 1. The van der Waals surface area contributed by atoms with Crippen LogP contribution in [0.15, 0.2) is 32.0 Å². The monoisotopic (exact) mass is 367 g/mol. The fourth-order valence-corrected chi connectivity index (χ4v) is 3.92. The van der Waals surface area contributed by atoms with Gasteiger partial charge in [0.2, 0.25) is 5.91 Å². The van der Waals surface area contributed by atoms with Gasteiger partial charge in [-0.05, 0) is 36.8 Å². The smallest absolute Gasteiger partial charge is 0.340 e. The van der Waals surface area contributed by atoms with Crippen molar-refractivity contribution >= 4 is 27.8 Å². The van der Waals surface area contributed by atoms with Gasteiger partial charge in [0, 0.05) is 35.5 Å². The lowest BCUT2D eigenvalue weighted by molar-refractivity contribution is -0.129. The third kappa shape index (κ3) is 3.05. The summed E-state index contributed by atoms with van der Waals surface area (Å²) < 4.78 is 11.3. The van der Waals surface area contributed by atoms with E-state index in [0.29, 0.717) is 16.7 Å². The Morgan fingerprint density at radius 2 is 1.81 bits per heavy atom. The van der Waals surface area contributed by atoms with Crippen LogP contribution in [0.1, 0.15) is 50.3 Å². The second-order valence-electron chi connectivity index (χ2n) is 8.50. The number of hydrogen-bond donors (Lipinski definition) is 0. The molecule has 0 unspecified atom stereocenters. The predicted molar refractivity (Wildman–Crippen MR) is 105 cm³/mol. The first-order valence-corrected chi connectivity index (χ1v) is 9.51. The Bertz CT molecular complexity index is 1090. The molecule has 1 saturated heterocycles. The molecule has 0 bridgehead atoms. The van der Waals surface area contributed by atoms with Crippen molar-refractivity contribution in [2.24, 2.45) is 0 Å². The number of amides is 1. The fraction of sp³-hybridized carbons (Fsp3) is 0.455. The molecule has 1 fully saturated rings. The van der Waals surface area contributed by atoms with Crippen LogP contribution in [0.5, 0.6) is 0 Å². The van der Waals surface area contributed by atoms with E-state index in [1.807, 2.05) is 17.9 Å². The predicted octanol–water partition coefficient (Wildman–Crippen LogP) is 4.31.